The van der Waals surface area contributed by atoms with E-state index in [1.807, 2.05) is 46.4 Å². The van der Waals surface area contributed by atoms with Crippen LogP contribution in [-0.2, 0) is 11.3 Å². The van der Waals surface area contributed by atoms with Crippen LogP contribution in [0.3, 0.4) is 0 Å². The lowest BCUT2D eigenvalue weighted by molar-refractivity contribution is -0.127. The highest BCUT2D eigenvalue weighted by atomic mass is 16.2. The Kier molecular flexibility index (Phi) is 5.41. The number of benzene rings is 1. The van der Waals surface area contributed by atoms with Gasteiger partial charge in [-0.05, 0) is 24.5 Å². The Bertz CT molecular complexity index is 1240. The summed E-state index contributed by atoms with van der Waals surface area (Å²) in [5.74, 6) is 0.734. The summed E-state index contributed by atoms with van der Waals surface area (Å²) in [6.07, 6.45) is 10.7. The summed E-state index contributed by atoms with van der Waals surface area (Å²) in [5.41, 5.74) is 3.96. The van der Waals surface area contributed by atoms with Crippen LogP contribution in [0.1, 0.15) is 18.4 Å². The third-order valence-corrected chi connectivity index (χ3v) is 5.85. The van der Waals surface area contributed by atoms with Gasteiger partial charge in [0.1, 0.15) is 17.8 Å². The van der Waals surface area contributed by atoms with Gasteiger partial charge < -0.3 is 15.2 Å². The number of H-pyrrole nitrogens is 1. The lowest BCUT2D eigenvalue weighted by atomic mass is 10.0. The van der Waals surface area contributed by atoms with Crippen molar-refractivity contribution in [1.82, 2.24) is 29.6 Å². The molecule has 0 aliphatic carbocycles. The van der Waals surface area contributed by atoms with E-state index in [0.717, 1.165) is 47.4 Å². The van der Waals surface area contributed by atoms with Crippen LogP contribution in [0.2, 0.25) is 0 Å². The Morgan fingerprint density at radius 1 is 1.28 bits per heavy atom. The predicted molar refractivity (Wildman–Crippen MR) is 124 cm³/mol. The maximum absolute atomic E-state index is 12.0. The highest BCUT2D eigenvalue weighted by Gasteiger charge is 2.24. The number of fused-ring (bicyclic) bond motifs is 1. The molecular formula is C24H25N7O. The lowest BCUT2D eigenvalue weighted by Crippen LogP contribution is -2.44. The first-order valence-electron chi connectivity index (χ1n) is 10.8. The van der Waals surface area contributed by atoms with Gasteiger partial charge >= 0.3 is 0 Å². The normalized spacial score (nSPS) is 16.2. The number of carbonyl (C=O) groups is 1. The Morgan fingerprint density at radius 3 is 3.00 bits per heavy atom. The topological polar surface area (TPSA) is 91.7 Å². The molecule has 0 radical (unpaired) electrons. The minimum Gasteiger partial charge on any atom is -0.365 e. The van der Waals surface area contributed by atoms with Gasteiger partial charge in [-0.2, -0.15) is 5.10 Å². The van der Waals surface area contributed by atoms with Crippen molar-refractivity contribution >= 4 is 22.8 Å². The van der Waals surface area contributed by atoms with Crippen molar-refractivity contribution in [2.75, 3.05) is 18.4 Å². The van der Waals surface area contributed by atoms with Crippen molar-refractivity contribution in [1.29, 1.82) is 0 Å². The molecule has 1 aromatic carbocycles. The minimum atomic E-state index is -0.0301. The Morgan fingerprint density at radius 2 is 2.16 bits per heavy atom. The van der Waals surface area contributed by atoms with Gasteiger partial charge in [0, 0.05) is 42.7 Å². The molecule has 32 heavy (non-hydrogen) atoms. The average Bonchev–Trinajstić information content (AvgIpc) is 3.47. The summed E-state index contributed by atoms with van der Waals surface area (Å²) in [4.78, 5) is 26.1. The number of aromatic nitrogens is 5. The number of nitrogens with one attached hydrogen (secondary N) is 2. The van der Waals surface area contributed by atoms with Crippen molar-refractivity contribution in [3.8, 4) is 11.1 Å². The quantitative estimate of drug-likeness (QED) is 0.460. The zero-order valence-corrected chi connectivity index (χ0v) is 17.7. The number of likely N-dealkylation sites (tertiary alicyclic amines) is 1. The number of rotatable bonds is 6. The van der Waals surface area contributed by atoms with Gasteiger partial charge in [-0.25, -0.2) is 9.97 Å². The minimum absolute atomic E-state index is 0.0301. The van der Waals surface area contributed by atoms with Crippen LogP contribution in [0, 0.1) is 0 Å². The predicted octanol–water partition coefficient (Wildman–Crippen LogP) is 3.46. The molecule has 1 aliphatic heterocycles. The van der Waals surface area contributed by atoms with E-state index in [1.54, 1.807) is 6.33 Å². The Balaban J connectivity index is 1.41. The SMILES string of the molecule is C=CC(=O)N1CCCC(Nc2ncnc3[nH]cc(-c4cnn(Cc5ccccc5)c4)c23)C1. The first-order valence-corrected chi connectivity index (χ1v) is 10.8. The molecule has 0 spiro atoms. The van der Waals surface area contributed by atoms with E-state index in [0.29, 0.717) is 13.1 Å². The van der Waals surface area contributed by atoms with Crippen molar-refractivity contribution in [2.45, 2.75) is 25.4 Å². The van der Waals surface area contributed by atoms with E-state index in [1.165, 1.54) is 11.6 Å². The molecule has 0 bridgehead atoms. The van der Waals surface area contributed by atoms with Gasteiger partial charge in [0.15, 0.2) is 0 Å². The molecular weight excluding hydrogens is 402 g/mol. The first-order chi connectivity index (χ1) is 15.7. The maximum atomic E-state index is 12.0. The Hall–Kier alpha value is -3.94. The number of nitrogens with zero attached hydrogens (tertiary/aromatic N) is 5. The maximum Gasteiger partial charge on any atom is 0.246 e. The van der Waals surface area contributed by atoms with Gasteiger partial charge in [0.2, 0.25) is 5.91 Å². The molecule has 162 valence electrons. The molecule has 1 unspecified atom stereocenters. The largest absolute Gasteiger partial charge is 0.365 e. The molecule has 3 aromatic heterocycles. The van der Waals surface area contributed by atoms with E-state index in [9.17, 15) is 4.79 Å². The summed E-state index contributed by atoms with van der Waals surface area (Å²) < 4.78 is 1.93. The molecule has 5 rings (SSSR count). The van der Waals surface area contributed by atoms with Gasteiger partial charge in [0.05, 0.1) is 18.1 Å². The number of aromatic amines is 1. The third-order valence-electron chi connectivity index (χ3n) is 5.85. The van der Waals surface area contributed by atoms with Crippen LogP contribution < -0.4 is 5.32 Å². The average molecular weight is 428 g/mol. The van der Waals surface area contributed by atoms with Gasteiger partial charge in [-0.15, -0.1) is 0 Å². The van der Waals surface area contributed by atoms with Crippen LogP contribution in [-0.4, -0.2) is 54.7 Å². The molecule has 8 heteroatoms. The summed E-state index contributed by atoms with van der Waals surface area (Å²) >= 11 is 0. The number of carbonyl (C=O) groups excluding carboxylic acids is 1. The smallest absolute Gasteiger partial charge is 0.246 e. The third kappa shape index (κ3) is 3.99. The van der Waals surface area contributed by atoms with E-state index in [2.05, 4.69) is 44.1 Å². The van der Waals surface area contributed by atoms with Crippen LogP contribution in [0.5, 0.6) is 0 Å². The van der Waals surface area contributed by atoms with Crippen LogP contribution in [0.4, 0.5) is 5.82 Å². The molecule has 4 heterocycles. The lowest BCUT2D eigenvalue weighted by Gasteiger charge is -2.32. The summed E-state index contributed by atoms with van der Waals surface area (Å²) in [7, 11) is 0. The van der Waals surface area contributed by atoms with E-state index in [4.69, 9.17) is 0 Å². The second-order valence-electron chi connectivity index (χ2n) is 8.03. The summed E-state index contributed by atoms with van der Waals surface area (Å²) in [6, 6.07) is 10.4. The van der Waals surface area contributed by atoms with Crippen molar-refractivity contribution < 1.29 is 4.79 Å². The van der Waals surface area contributed by atoms with Gasteiger partial charge in [-0.1, -0.05) is 36.9 Å². The van der Waals surface area contributed by atoms with Crippen molar-refractivity contribution in [3.63, 3.8) is 0 Å². The van der Waals surface area contributed by atoms with E-state index in [-0.39, 0.29) is 11.9 Å². The molecule has 8 nitrogen and oxygen atoms in total. The number of piperidine rings is 1. The monoisotopic (exact) mass is 427 g/mol. The molecule has 4 aromatic rings. The molecule has 1 amide bonds. The van der Waals surface area contributed by atoms with Gasteiger partial charge in [-0.3, -0.25) is 9.48 Å². The number of hydrogen-bond donors (Lipinski definition) is 2. The van der Waals surface area contributed by atoms with Crippen LogP contribution >= 0.6 is 0 Å². The number of amides is 1. The fraction of sp³-hybridized carbons (Fsp3) is 0.250. The highest BCUT2D eigenvalue weighted by molar-refractivity contribution is 6.00. The molecule has 2 N–H and O–H groups in total. The van der Waals surface area contributed by atoms with E-state index >= 15 is 0 Å². The molecule has 0 saturated carbocycles. The number of anilines is 1. The van der Waals surface area contributed by atoms with E-state index < -0.39 is 0 Å². The highest BCUT2D eigenvalue weighted by Crippen LogP contribution is 2.32. The first kappa shape index (κ1) is 20.0. The number of hydrogen-bond acceptors (Lipinski definition) is 5. The fourth-order valence-electron chi connectivity index (χ4n) is 4.28. The van der Waals surface area contributed by atoms with Gasteiger partial charge in [0.25, 0.3) is 0 Å². The molecule has 1 saturated heterocycles. The summed E-state index contributed by atoms with van der Waals surface area (Å²) in [6.45, 7) is 5.71. The second kappa shape index (κ2) is 8.66. The molecule has 1 atom stereocenters. The fourth-order valence-corrected chi connectivity index (χ4v) is 4.28. The van der Waals surface area contributed by atoms with Crippen LogP contribution in [0.15, 0.2) is 67.9 Å². The van der Waals surface area contributed by atoms with Crippen LogP contribution in [0.25, 0.3) is 22.2 Å². The standard InChI is InChI=1S/C24H25N7O/c1-2-21(32)30-10-6-9-19(15-30)29-24-22-20(12-25-23(22)26-16-27-24)18-11-28-31(14-18)13-17-7-4-3-5-8-17/h2-5,7-8,11-12,14,16,19H,1,6,9-10,13,15H2,(H2,25,26,27,29). The van der Waals surface area contributed by atoms with Crippen molar-refractivity contribution in [2.24, 2.45) is 0 Å². The van der Waals surface area contributed by atoms with Crippen molar-refractivity contribution in [3.05, 3.63) is 73.5 Å². The second-order valence-corrected chi connectivity index (χ2v) is 8.03. The molecule has 1 aliphatic rings. The zero-order valence-electron chi connectivity index (χ0n) is 17.7. The molecule has 1 fully saturated rings. The summed E-state index contributed by atoms with van der Waals surface area (Å²) in [5, 5.41) is 9.03. The zero-order chi connectivity index (χ0) is 21.9. The Labute approximate surface area is 186 Å².